The number of hydrogen-bond donors (Lipinski definition) is 2. The van der Waals surface area contributed by atoms with Gasteiger partial charge in [0.25, 0.3) is 5.91 Å². The van der Waals surface area contributed by atoms with Crippen molar-refractivity contribution in [2.45, 2.75) is 6.54 Å². The van der Waals surface area contributed by atoms with Gasteiger partial charge in [-0.2, -0.15) is 0 Å². The molecule has 0 aliphatic carbocycles. The molecule has 5 heteroatoms. The number of aromatic nitrogens is 1. The number of carbonyl (C=O) groups is 1. The van der Waals surface area contributed by atoms with Gasteiger partial charge in [-0.3, -0.25) is 9.78 Å². The summed E-state index contributed by atoms with van der Waals surface area (Å²) in [7, 11) is 0. The maximum atomic E-state index is 12.2. The maximum Gasteiger partial charge on any atom is 0.270 e. The number of rotatable bonds is 3. The number of nitrogens with one attached hydrogen (secondary N) is 1. The van der Waals surface area contributed by atoms with E-state index >= 15 is 0 Å². The largest absolute Gasteiger partial charge is 0.467 e. The number of nitrogens with zero attached hydrogens (tertiary/aromatic N) is 1. The molecule has 0 spiro atoms. The van der Waals surface area contributed by atoms with E-state index in [1.807, 2.05) is 12.1 Å². The van der Waals surface area contributed by atoms with E-state index in [1.165, 1.54) is 0 Å². The highest BCUT2D eigenvalue weighted by Gasteiger charge is 2.11. The van der Waals surface area contributed by atoms with E-state index in [-0.39, 0.29) is 5.91 Å². The molecule has 3 rings (SSSR count). The monoisotopic (exact) mass is 267 g/mol. The minimum atomic E-state index is -0.239. The van der Waals surface area contributed by atoms with Crippen LogP contribution < -0.4 is 11.1 Å². The number of furan rings is 1. The lowest BCUT2D eigenvalue weighted by Crippen LogP contribution is -2.23. The Morgan fingerprint density at radius 2 is 2.20 bits per heavy atom. The van der Waals surface area contributed by atoms with E-state index < -0.39 is 0 Å². The molecule has 0 saturated carbocycles. The Kier molecular flexibility index (Phi) is 3.09. The molecule has 5 nitrogen and oxygen atoms in total. The van der Waals surface area contributed by atoms with E-state index in [9.17, 15) is 4.79 Å². The van der Waals surface area contributed by atoms with Crippen LogP contribution in [0.2, 0.25) is 0 Å². The smallest absolute Gasteiger partial charge is 0.270 e. The van der Waals surface area contributed by atoms with Gasteiger partial charge in [0.1, 0.15) is 11.5 Å². The molecule has 0 saturated heterocycles. The molecule has 0 aliphatic heterocycles. The summed E-state index contributed by atoms with van der Waals surface area (Å²) >= 11 is 0. The molecule has 1 aromatic carbocycles. The third-order valence-corrected chi connectivity index (χ3v) is 3.01. The number of fused-ring (bicyclic) bond motifs is 1. The van der Waals surface area contributed by atoms with Crippen LogP contribution in [0.1, 0.15) is 16.2 Å². The van der Waals surface area contributed by atoms with Crippen molar-refractivity contribution in [1.82, 2.24) is 10.3 Å². The minimum Gasteiger partial charge on any atom is -0.467 e. The molecule has 20 heavy (non-hydrogen) atoms. The van der Waals surface area contributed by atoms with Crippen molar-refractivity contribution in [1.29, 1.82) is 0 Å². The lowest BCUT2D eigenvalue weighted by Gasteiger charge is -2.06. The van der Waals surface area contributed by atoms with E-state index in [0.717, 1.165) is 10.8 Å². The number of nitrogen functional groups attached to an aromatic ring is 1. The number of amides is 1. The zero-order chi connectivity index (χ0) is 13.9. The molecule has 1 amide bonds. The first kappa shape index (κ1) is 12.2. The minimum absolute atomic E-state index is 0.239. The first-order valence-electron chi connectivity index (χ1n) is 6.19. The Labute approximate surface area is 115 Å². The molecule has 0 unspecified atom stereocenters. The van der Waals surface area contributed by atoms with Crippen LogP contribution in [-0.4, -0.2) is 10.9 Å². The lowest BCUT2D eigenvalue weighted by molar-refractivity contribution is 0.0945. The Hall–Kier alpha value is -2.82. The van der Waals surface area contributed by atoms with Crippen molar-refractivity contribution < 1.29 is 9.21 Å². The average Bonchev–Trinajstić information content (AvgIpc) is 2.97. The van der Waals surface area contributed by atoms with E-state index in [2.05, 4.69) is 10.3 Å². The highest BCUT2D eigenvalue weighted by molar-refractivity contribution is 6.05. The average molecular weight is 267 g/mol. The van der Waals surface area contributed by atoms with Crippen LogP contribution in [0.5, 0.6) is 0 Å². The first-order chi connectivity index (χ1) is 9.74. The predicted octanol–water partition coefficient (Wildman–Crippen LogP) is 2.34. The normalized spacial score (nSPS) is 10.6. The molecule has 0 fully saturated rings. The standard InChI is InChI=1S/C15H13N3O2/c16-11-3-4-13-10(8-11)5-6-17-14(13)15(19)18-9-12-2-1-7-20-12/h1-8H,9,16H2,(H,18,19). The zero-order valence-electron chi connectivity index (χ0n) is 10.7. The van der Waals surface area contributed by atoms with Crippen molar-refractivity contribution in [2.75, 3.05) is 5.73 Å². The summed E-state index contributed by atoms with van der Waals surface area (Å²) in [6.07, 6.45) is 3.17. The Balaban J connectivity index is 1.87. The predicted molar refractivity (Wildman–Crippen MR) is 76.0 cm³/mol. The second kappa shape index (κ2) is 5.05. The summed E-state index contributed by atoms with van der Waals surface area (Å²) in [4.78, 5) is 16.3. The molecule has 3 aromatic rings. The van der Waals surface area contributed by atoms with Gasteiger partial charge in [-0.05, 0) is 41.8 Å². The van der Waals surface area contributed by atoms with Gasteiger partial charge < -0.3 is 15.5 Å². The van der Waals surface area contributed by atoms with Crippen molar-refractivity contribution in [3.8, 4) is 0 Å². The van der Waals surface area contributed by atoms with Crippen molar-refractivity contribution in [3.63, 3.8) is 0 Å². The number of benzene rings is 1. The quantitative estimate of drug-likeness (QED) is 0.714. The molecule has 2 heterocycles. The molecular formula is C15H13N3O2. The summed E-state index contributed by atoms with van der Waals surface area (Å²) in [6, 6.07) is 10.8. The molecule has 100 valence electrons. The topological polar surface area (TPSA) is 81.2 Å². The third kappa shape index (κ3) is 2.33. The van der Waals surface area contributed by atoms with Crippen LogP contribution in [0.25, 0.3) is 10.8 Å². The fourth-order valence-corrected chi connectivity index (χ4v) is 2.04. The molecule has 3 N–H and O–H groups in total. The molecular weight excluding hydrogens is 254 g/mol. The van der Waals surface area contributed by atoms with E-state index in [1.54, 1.807) is 36.7 Å². The van der Waals surface area contributed by atoms with Crippen LogP contribution in [0.3, 0.4) is 0 Å². The van der Waals surface area contributed by atoms with Crippen molar-refractivity contribution in [2.24, 2.45) is 0 Å². The molecule has 0 aliphatic rings. The SMILES string of the molecule is Nc1ccc2c(C(=O)NCc3ccco3)nccc2c1. The molecule has 0 atom stereocenters. The van der Waals surface area contributed by atoms with Gasteiger partial charge in [0.15, 0.2) is 0 Å². The van der Waals surface area contributed by atoms with E-state index in [4.69, 9.17) is 10.2 Å². The fraction of sp³-hybridized carbons (Fsp3) is 0.0667. The van der Waals surface area contributed by atoms with Gasteiger partial charge in [-0.25, -0.2) is 0 Å². The van der Waals surface area contributed by atoms with Crippen LogP contribution in [0, 0.1) is 0 Å². The fourth-order valence-electron chi connectivity index (χ4n) is 2.04. The number of carbonyl (C=O) groups excluding carboxylic acids is 1. The first-order valence-corrected chi connectivity index (χ1v) is 6.19. The molecule has 0 radical (unpaired) electrons. The second-order valence-electron chi connectivity index (χ2n) is 4.40. The van der Waals surface area contributed by atoms with E-state index in [0.29, 0.717) is 23.7 Å². The summed E-state index contributed by atoms with van der Waals surface area (Å²) in [5.74, 6) is 0.458. The summed E-state index contributed by atoms with van der Waals surface area (Å²) in [5.41, 5.74) is 6.78. The summed E-state index contributed by atoms with van der Waals surface area (Å²) < 4.78 is 5.17. The number of hydrogen-bond acceptors (Lipinski definition) is 4. The van der Waals surface area contributed by atoms with Gasteiger partial charge in [-0.15, -0.1) is 0 Å². The Morgan fingerprint density at radius 3 is 3.00 bits per heavy atom. The van der Waals surface area contributed by atoms with Gasteiger partial charge >= 0.3 is 0 Å². The summed E-state index contributed by atoms with van der Waals surface area (Å²) in [6.45, 7) is 0.332. The van der Waals surface area contributed by atoms with Gasteiger partial charge in [-0.1, -0.05) is 0 Å². The summed E-state index contributed by atoms with van der Waals surface area (Å²) in [5, 5.41) is 4.45. The highest BCUT2D eigenvalue weighted by Crippen LogP contribution is 2.19. The van der Waals surface area contributed by atoms with Gasteiger partial charge in [0.2, 0.25) is 0 Å². The number of nitrogens with two attached hydrogens (primary N) is 1. The Morgan fingerprint density at radius 1 is 1.30 bits per heavy atom. The zero-order valence-corrected chi connectivity index (χ0v) is 10.7. The van der Waals surface area contributed by atoms with Gasteiger partial charge in [0, 0.05) is 17.3 Å². The molecule has 2 aromatic heterocycles. The van der Waals surface area contributed by atoms with Crippen LogP contribution in [0.15, 0.2) is 53.3 Å². The van der Waals surface area contributed by atoms with Crippen LogP contribution >= 0.6 is 0 Å². The second-order valence-corrected chi connectivity index (χ2v) is 4.40. The van der Waals surface area contributed by atoms with Crippen molar-refractivity contribution in [3.05, 3.63) is 60.3 Å². The Bertz CT molecular complexity index is 751. The number of pyridine rings is 1. The van der Waals surface area contributed by atoms with Crippen molar-refractivity contribution >= 4 is 22.4 Å². The van der Waals surface area contributed by atoms with Gasteiger partial charge in [0.05, 0.1) is 12.8 Å². The maximum absolute atomic E-state index is 12.2. The molecule has 0 bridgehead atoms. The van der Waals surface area contributed by atoms with Crippen LogP contribution in [0.4, 0.5) is 5.69 Å². The third-order valence-electron chi connectivity index (χ3n) is 3.01. The lowest BCUT2D eigenvalue weighted by atomic mass is 10.1. The highest BCUT2D eigenvalue weighted by atomic mass is 16.3. The number of anilines is 1. The van der Waals surface area contributed by atoms with Crippen LogP contribution in [-0.2, 0) is 6.54 Å².